The van der Waals surface area contributed by atoms with Gasteiger partial charge in [0.15, 0.2) is 0 Å². The maximum atomic E-state index is 11.4. The van der Waals surface area contributed by atoms with Crippen molar-refractivity contribution in [1.29, 1.82) is 0 Å². The van der Waals surface area contributed by atoms with Crippen molar-refractivity contribution in [2.45, 2.75) is 37.6 Å². The third kappa shape index (κ3) is 1.27. The Hall–Kier alpha value is -0.830. The molecule has 0 unspecified atom stereocenters. The molecule has 2 aliphatic rings. The van der Waals surface area contributed by atoms with Gasteiger partial charge >= 0.3 is 0 Å². The molecule has 0 bridgehead atoms. The van der Waals surface area contributed by atoms with Crippen LogP contribution in [0.15, 0.2) is 12.2 Å². The summed E-state index contributed by atoms with van der Waals surface area (Å²) in [6.45, 7) is 0. The Morgan fingerprint density at radius 2 is 2.08 bits per heavy atom. The highest BCUT2D eigenvalue weighted by Crippen LogP contribution is 2.38. The predicted octanol–water partition coefficient (Wildman–Crippen LogP) is 1.65. The van der Waals surface area contributed by atoms with Crippen LogP contribution in [0.25, 0.3) is 0 Å². The summed E-state index contributed by atoms with van der Waals surface area (Å²) < 4.78 is 0. The van der Waals surface area contributed by atoms with Crippen LogP contribution in [0, 0.1) is 0 Å². The normalized spacial score (nSPS) is 25.9. The third-order valence-electron chi connectivity index (χ3n) is 3.04. The van der Waals surface area contributed by atoms with Crippen molar-refractivity contribution in [1.82, 2.24) is 5.06 Å². The second-order valence-electron chi connectivity index (χ2n) is 3.81. The smallest absolute Gasteiger partial charge is 0.270 e. The number of carbonyl (C=O) groups excluding carboxylic acids is 1. The van der Waals surface area contributed by atoms with Crippen LogP contribution in [-0.4, -0.2) is 23.6 Å². The van der Waals surface area contributed by atoms with Gasteiger partial charge in [-0.05, 0) is 12.8 Å². The zero-order valence-electron chi connectivity index (χ0n) is 7.95. The van der Waals surface area contributed by atoms with Crippen molar-refractivity contribution in [2.24, 2.45) is 0 Å². The van der Waals surface area contributed by atoms with Crippen LogP contribution in [0.2, 0.25) is 0 Å². The summed E-state index contributed by atoms with van der Waals surface area (Å²) in [5.41, 5.74) is -0.107. The van der Waals surface area contributed by atoms with Crippen LogP contribution in [0.3, 0.4) is 0 Å². The maximum absolute atomic E-state index is 11.4. The number of hydroxylamine groups is 2. The Bertz CT molecular complexity index is 241. The highest BCUT2D eigenvalue weighted by atomic mass is 16.7. The Morgan fingerprint density at radius 1 is 1.38 bits per heavy atom. The van der Waals surface area contributed by atoms with Gasteiger partial charge in [-0.25, -0.2) is 5.06 Å². The van der Waals surface area contributed by atoms with Crippen LogP contribution in [-0.2, 0) is 9.63 Å². The summed E-state index contributed by atoms with van der Waals surface area (Å²) in [7, 11) is 1.57. The van der Waals surface area contributed by atoms with Crippen molar-refractivity contribution in [3.8, 4) is 0 Å². The Kier molecular flexibility index (Phi) is 2.12. The highest BCUT2D eigenvalue weighted by Gasteiger charge is 2.42. The van der Waals surface area contributed by atoms with Crippen molar-refractivity contribution < 1.29 is 9.63 Å². The fourth-order valence-electron chi connectivity index (χ4n) is 2.39. The molecule has 1 spiro atoms. The molecule has 0 N–H and O–H groups in total. The van der Waals surface area contributed by atoms with Crippen molar-refractivity contribution in [3.63, 3.8) is 0 Å². The predicted molar refractivity (Wildman–Crippen MR) is 48.8 cm³/mol. The Balaban J connectivity index is 2.20. The molecule has 13 heavy (non-hydrogen) atoms. The first-order valence-electron chi connectivity index (χ1n) is 4.86. The fraction of sp³-hybridized carbons (Fsp3) is 0.700. The van der Waals surface area contributed by atoms with E-state index in [1.807, 2.05) is 6.08 Å². The van der Waals surface area contributed by atoms with Crippen molar-refractivity contribution in [2.75, 3.05) is 7.11 Å². The minimum atomic E-state index is -0.107. The molecule has 0 atom stereocenters. The molecule has 1 aliphatic carbocycles. The fourth-order valence-corrected chi connectivity index (χ4v) is 2.39. The molecular formula is C10H15NO2. The van der Waals surface area contributed by atoms with E-state index in [0.717, 1.165) is 12.8 Å². The van der Waals surface area contributed by atoms with E-state index in [2.05, 4.69) is 0 Å². The van der Waals surface area contributed by atoms with Gasteiger partial charge in [0.1, 0.15) is 0 Å². The van der Waals surface area contributed by atoms with Crippen LogP contribution in [0.4, 0.5) is 0 Å². The lowest BCUT2D eigenvalue weighted by molar-refractivity contribution is -0.195. The minimum absolute atomic E-state index is 0.00981. The molecule has 1 aliphatic heterocycles. The molecule has 0 saturated heterocycles. The van der Waals surface area contributed by atoms with Gasteiger partial charge in [0.25, 0.3) is 5.91 Å². The number of hydrogen-bond donors (Lipinski definition) is 0. The Labute approximate surface area is 78.3 Å². The molecule has 3 heteroatoms. The van der Waals surface area contributed by atoms with Gasteiger partial charge in [-0.2, -0.15) is 0 Å². The first kappa shape index (κ1) is 8.75. The van der Waals surface area contributed by atoms with Crippen LogP contribution in [0.5, 0.6) is 0 Å². The van der Waals surface area contributed by atoms with Crippen LogP contribution in [0.1, 0.15) is 32.1 Å². The van der Waals surface area contributed by atoms with E-state index in [-0.39, 0.29) is 11.4 Å². The lowest BCUT2D eigenvalue weighted by Gasteiger charge is -2.38. The van der Waals surface area contributed by atoms with Crippen LogP contribution < -0.4 is 0 Å². The highest BCUT2D eigenvalue weighted by molar-refractivity contribution is 5.90. The number of nitrogens with zero attached hydrogens (tertiary/aromatic N) is 1. The molecule has 3 nitrogen and oxygen atoms in total. The topological polar surface area (TPSA) is 29.5 Å². The monoisotopic (exact) mass is 181 g/mol. The first-order valence-corrected chi connectivity index (χ1v) is 4.86. The van der Waals surface area contributed by atoms with E-state index in [1.54, 1.807) is 13.2 Å². The Morgan fingerprint density at radius 3 is 2.69 bits per heavy atom. The molecule has 1 fully saturated rings. The summed E-state index contributed by atoms with van der Waals surface area (Å²) >= 11 is 0. The second kappa shape index (κ2) is 3.14. The minimum Gasteiger partial charge on any atom is -0.273 e. The van der Waals surface area contributed by atoms with Gasteiger partial charge in [-0.15, -0.1) is 0 Å². The molecule has 1 heterocycles. The van der Waals surface area contributed by atoms with E-state index in [1.165, 1.54) is 24.3 Å². The summed E-state index contributed by atoms with van der Waals surface area (Å²) in [6.07, 6.45) is 9.40. The number of carbonyl (C=O) groups is 1. The molecule has 2 rings (SSSR count). The van der Waals surface area contributed by atoms with Gasteiger partial charge in [-0.1, -0.05) is 25.3 Å². The van der Waals surface area contributed by atoms with E-state index < -0.39 is 0 Å². The summed E-state index contributed by atoms with van der Waals surface area (Å²) in [5, 5.41) is 1.53. The summed E-state index contributed by atoms with van der Waals surface area (Å²) in [5.74, 6) is -0.00981. The van der Waals surface area contributed by atoms with Crippen molar-refractivity contribution in [3.05, 3.63) is 12.2 Å². The molecule has 1 amide bonds. The maximum Gasteiger partial charge on any atom is 0.270 e. The standard InChI is InChI=1S/C10H15NO2/c1-13-11-9(12)5-8-10(11)6-3-2-4-7-10/h5,8H,2-4,6-7H2,1H3. The first-order chi connectivity index (χ1) is 6.28. The van der Waals surface area contributed by atoms with E-state index in [9.17, 15) is 4.79 Å². The SMILES string of the molecule is CON1C(=O)C=CC12CCCCC2. The molecule has 1 saturated carbocycles. The molecular weight excluding hydrogens is 166 g/mol. The van der Waals surface area contributed by atoms with E-state index in [4.69, 9.17) is 4.84 Å². The summed E-state index contributed by atoms with van der Waals surface area (Å²) in [6, 6.07) is 0. The quantitative estimate of drug-likeness (QED) is 0.615. The molecule has 0 aromatic carbocycles. The number of rotatable bonds is 1. The van der Waals surface area contributed by atoms with Gasteiger partial charge < -0.3 is 0 Å². The number of amides is 1. The van der Waals surface area contributed by atoms with E-state index in [0.29, 0.717) is 0 Å². The second-order valence-corrected chi connectivity index (χ2v) is 3.81. The molecule has 72 valence electrons. The lowest BCUT2D eigenvalue weighted by Crippen LogP contribution is -2.46. The van der Waals surface area contributed by atoms with Gasteiger partial charge in [0.2, 0.25) is 0 Å². The molecule has 0 radical (unpaired) electrons. The average Bonchev–Trinajstić information content (AvgIpc) is 2.45. The zero-order chi connectivity index (χ0) is 9.31. The third-order valence-corrected chi connectivity index (χ3v) is 3.04. The van der Waals surface area contributed by atoms with Crippen molar-refractivity contribution >= 4 is 5.91 Å². The van der Waals surface area contributed by atoms with Gasteiger partial charge in [0, 0.05) is 6.08 Å². The zero-order valence-corrected chi connectivity index (χ0v) is 7.95. The van der Waals surface area contributed by atoms with Gasteiger partial charge in [0.05, 0.1) is 12.6 Å². The summed E-state index contributed by atoms with van der Waals surface area (Å²) in [4.78, 5) is 16.5. The largest absolute Gasteiger partial charge is 0.273 e. The number of hydrogen-bond acceptors (Lipinski definition) is 2. The lowest BCUT2D eigenvalue weighted by atomic mass is 9.82. The molecule has 0 aromatic rings. The van der Waals surface area contributed by atoms with Gasteiger partial charge in [-0.3, -0.25) is 9.63 Å². The van der Waals surface area contributed by atoms with E-state index >= 15 is 0 Å². The van der Waals surface area contributed by atoms with Crippen LogP contribution >= 0.6 is 0 Å². The average molecular weight is 181 g/mol. The molecule has 0 aromatic heterocycles.